The lowest BCUT2D eigenvalue weighted by Gasteiger charge is -2.32. The van der Waals surface area contributed by atoms with Gasteiger partial charge in [-0.05, 0) is 61.2 Å². The van der Waals surface area contributed by atoms with E-state index in [1.807, 2.05) is 68.4 Å². The number of rotatable bonds is 13. The van der Waals surface area contributed by atoms with Gasteiger partial charge in [-0.25, -0.2) is 8.42 Å². The van der Waals surface area contributed by atoms with Crippen molar-refractivity contribution < 1.29 is 18.0 Å². The fourth-order valence-corrected chi connectivity index (χ4v) is 5.50. The molecule has 9 heteroatoms. The smallest absolute Gasteiger partial charge is 0.243 e. The Kier molecular flexibility index (Phi) is 10.9. The van der Waals surface area contributed by atoms with Gasteiger partial charge in [0.05, 0.1) is 11.9 Å². The molecule has 0 bridgehead atoms. The fourth-order valence-electron chi connectivity index (χ4n) is 4.42. The van der Waals surface area contributed by atoms with Gasteiger partial charge in [-0.1, -0.05) is 66.2 Å². The molecule has 7 nitrogen and oxygen atoms in total. The van der Waals surface area contributed by atoms with E-state index < -0.39 is 16.1 Å². The Morgan fingerprint density at radius 1 is 0.949 bits per heavy atom. The van der Waals surface area contributed by atoms with Gasteiger partial charge >= 0.3 is 0 Å². The summed E-state index contributed by atoms with van der Waals surface area (Å²) >= 11 is 6.07. The minimum absolute atomic E-state index is 0.0795. The van der Waals surface area contributed by atoms with Gasteiger partial charge in [-0.2, -0.15) is 0 Å². The molecule has 2 amide bonds. The number of anilines is 1. The van der Waals surface area contributed by atoms with Gasteiger partial charge < -0.3 is 10.2 Å². The fraction of sp³-hybridized carbons (Fsp3) is 0.333. The van der Waals surface area contributed by atoms with E-state index in [4.69, 9.17) is 11.6 Å². The first kappa shape index (κ1) is 30.2. The largest absolute Gasteiger partial charge is 0.355 e. The first-order chi connectivity index (χ1) is 18.6. The molecular formula is C30H36ClN3O4S. The van der Waals surface area contributed by atoms with Crippen LogP contribution in [0.2, 0.25) is 5.02 Å². The van der Waals surface area contributed by atoms with E-state index in [2.05, 4.69) is 5.32 Å². The van der Waals surface area contributed by atoms with Gasteiger partial charge in [0.1, 0.15) is 6.04 Å². The third-order valence-corrected chi connectivity index (χ3v) is 7.78. The molecule has 3 rings (SSSR count). The third-order valence-electron chi connectivity index (χ3n) is 6.33. The van der Waals surface area contributed by atoms with Crippen molar-refractivity contribution in [3.63, 3.8) is 0 Å². The topological polar surface area (TPSA) is 86.8 Å². The standard InChI is InChI=1S/C30H36ClN3O4S/c1-4-32-30(36)28(21-24-11-6-5-7-12-24)33(22-25-15-17-26(31)18-16-25)29(35)14-9-19-34(39(3,37)38)27-13-8-10-23(2)20-27/h5-8,10-13,15-18,20,28H,4,9,14,19,21-22H2,1-3H3,(H,32,36)/t28-/m1/s1. The molecule has 0 aliphatic rings. The summed E-state index contributed by atoms with van der Waals surface area (Å²) in [7, 11) is -3.55. The Morgan fingerprint density at radius 2 is 1.64 bits per heavy atom. The predicted molar refractivity (Wildman–Crippen MR) is 157 cm³/mol. The van der Waals surface area contributed by atoms with Crippen LogP contribution >= 0.6 is 11.6 Å². The lowest BCUT2D eigenvalue weighted by Crippen LogP contribution is -2.50. The van der Waals surface area contributed by atoms with Crippen molar-refractivity contribution in [3.05, 3.63) is 101 Å². The summed E-state index contributed by atoms with van der Waals surface area (Å²) < 4.78 is 26.4. The first-order valence-corrected chi connectivity index (χ1v) is 15.2. The van der Waals surface area contributed by atoms with Crippen LogP contribution in [0.3, 0.4) is 0 Å². The molecule has 3 aromatic rings. The van der Waals surface area contributed by atoms with Gasteiger partial charge in [-0.15, -0.1) is 0 Å². The number of nitrogens with one attached hydrogen (secondary N) is 1. The average molecular weight is 570 g/mol. The van der Waals surface area contributed by atoms with Gasteiger partial charge in [0.15, 0.2) is 0 Å². The van der Waals surface area contributed by atoms with Crippen molar-refractivity contribution >= 4 is 39.1 Å². The van der Waals surface area contributed by atoms with E-state index >= 15 is 0 Å². The molecule has 0 heterocycles. The first-order valence-electron chi connectivity index (χ1n) is 13.0. The van der Waals surface area contributed by atoms with E-state index in [9.17, 15) is 18.0 Å². The third kappa shape index (κ3) is 9.11. The Labute approximate surface area is 236 Å². The maximum atomic E-state index is 13.7. The summed E-state index contributed by atoms with van der Waals surface area (Å²) in [5.41, 5.74) is 3.28. The van der Waals surface area contributed by atoms with E-state index in [1.54, 1.807) is 29.2 Å². The number of benzene rings is 3. The quantitative estimate of drug-likeness (QED) is 0.315. The summed E-state index contributed by atoms with van der Waals surface area (Å²) in [5.74, 6) is -0.462. The monoisotopic (exact) mass is 569 g/mol. The Hall–Kier alpha value is -3.36. The van der Waals surface area contributed by atoms with Gasteiger partial charge in [0.2, 0.25) is 21.8 Å². The Bertz CT molecular complexity index is 1350. The van der Waals surface area contributed by atoms with Crippen LogP contribution in [-0.4, -0.2) is 50.5 Å². The van der Waals surface area contributed by atoms with Crippen LogP contribution in [0, 0.1) is 6.92 Å². The van der Waals surface area contributed by atoms with Crippen LogP contribution in [0.5, 0.6) is 0 Å². The van der Waals surface area contributed by atoms with Crippen molar-refractivity contribution in [2.24, 2.45) is 0 Å². The number of amides is 2. The van der Waals surface area contributed by atoms with E-state index in [1.165, 1.54) is 4.31 Å². The maximum Gasteiger partial charge on any atom is 0.243 e. The minimum atomic E-state index is -3.55. The normalized spacial score (nSPS) is 12.0. The van der Waals surface area contributed by atoms with E-state index in [0.29, 0.717) is 30.1 Å². The van der Waals surface area contributed by atoms with Crippen molar-refractivity contribution in [3.8, 4) is 0 Å². The molecule has 208 valence electrons. The summed E-state index contributed by atoms with van der Waals surface area (Å²) in [6.07, 6.45) is 1.89. The zero-order valence-corrected chi connectivity index (χ0v) is 24.2. The zero-order valence-electron chi connectivity index (χ0n) is 22.6. The molecule has 1 N–H and O–H groups in total. The van der Waals surface area contributed by atoms with Crippen LogP contribution in [0.15, 0.2) is 78.9 Å². The molecule has 0 saturated carbocycles. The number of hydrogen-bond acceptors (Lipinski definition) is 4. The lowest BCUT2D eigenvalue weighted by atomic mass is 10.0. The molecular weight excluding hydrogens is 534 g/mol. The molecule has 3 aromatic carbocycles. The van der Waals surface area contributed by atoms with Crippen molar-refractivity contribution in [1.29, 1.82) is 0 Å². The second-order valence-electron chi connectivity index (χ2n) is 9.53. The predicted octanol–water partition coefficient (Wildman–Crippen LogP) is 4.97. The minimum Gasteiger partial charge on any atom is -0.355 e. The summed E-state index contributed by atoms with van der Waals surface area (Å²) in [4.78, 5) is 28.6. The van der Waals surface area contributed by atoms with Crippen LogP contribution in [0.25, 0.3) is 0 Å². The molecule has 0 spiro atoms. The summed E-state index contributed by atoms with van der Waals surface area (Å²) in [5, 5.41) is 3.46. The van der Waals surface area contributed by atoms with Crippen molar-refractivity contribution in [2.75, 3.05) is 23.7 Å². The van der Waals surface area contributed by atoms with Crippen molar-refractivity contribution in [2.45, 2.75) is 45.7 Å². The second kappa shape index (κ2) is 14.1. The number of halogens is 1. The van der Waals surface area contributed by atoms with Crippen LogP contribution in [0.4, 0.5) is 5.69 Å². The molecule has 0 aromatic heterocycles. The number of carbonyl (C=O) groups is 2. The summed E-state index contributed by atoms with van der Waals surface area (Å²) in [6.45, 7) is 4.54. The highest BCUT2D eigenvalue weighted by atomic mass is 35.5. The number of aryl methyl sites for hydroxylation is 1. The Morgan fingerprint density at radius 3 is 2.26 bits per heavy atom. The van der Waals surface area contributed by atoms with Crippen LogP contribution < -0.4 is 9.62 Å². The van der Waals surface area contributed by atoms with E-state index in [0.717, 1.165) is 22.9 Å². The highest BCUT2D eigenvalue weighted by Crippen LogP contribution is 2.21. The van der Waals surface area contributed by atoms with Crippen LogP contribution in [-0.2, 0) is 32.6 Å². The number of sulfonamides is 1. The van der Waals surface area contributed by atoms with E-state index in [-0.39, 0.29) is 31.3 Å². The molecule has 0 aliphatic heterocycles. The molecule has 0 unspecified atom stereocenters. The van der Waals surface area contributed by atoms with Gasteiger partial charge in [-0.3, -0.25) is 13.9 Å². The molecule has 0 radical (unpaired) electrons. The number of hydrogen-bond donors (Lipinski definition) is 1. The van der Waals surface area contributed by atoms with Gasteiger partial charge in [0, 0.05) is 37.5 Å². The summed E-state index contributed by atoms with van der Waals surface area (Å²) in [6, 6.07) is 23.3. The van der Waals surface area contributed by atoms with Crippen LogP contribution in [0.1, 0.15) is 36.5 Å². The average Bonchev–Trinajstić information content (AvgIpc) is 2.89. The highest BCUT2D eigenvalue weighted by Gasteiger charge is 2.30. The molecule has 0 fully saturated rings. The maximum absolute atomic E-state index is 13.7. The lowest BCUT2D eigenvalue weighted by molar-refractivity contribution is -0.141. The molecule has 0 aliphatic carbocycles. The number of carbonyl (C=O) groups excluding carboxylic acids is 2. The van der Waals surface area contributed by atoms with Crippen molar-refractivity contribution in [1.82, 2.24) is 10.2 Å². The number of nitrogens with zero attached hydrogens (tertiary/aromatic N) is 2. The second-order valence-corrected chi connectivity index (χ2v) is 11.9. The molecule has 1 atom stereocenters. The number of likely N-dealkylation sites (N-methyl/N-ethyl adjacent to an activating group) is 1. The zero-order chi connectivity index (χ0) is 28.4. The molecule has 39 heavy (non-hydrogen) atoms. The highest BCUT2D eigenvalue weighted by molar-refractivity contribution is 7.92. The SMILES string of the molecule is CCNC(=O)[C@@H](Cc1ccccc1)N(Cc1ccc(Cl)cc1)C(=O)CCCN(c1cccc(C)c1)S(C)(=O)=O. The Balaban J connectivity index is 1.85. The van der Waals surface area contributed by atoms with Gasteiger partial charge in [0.25, 0.3) is 0 Å². The molecule has 0 saturated heterocycles.